The summed E-state index contributed by atoms with van der Waals surface area (Å²) in [5.74, 6) is 3.38. The second kappa shape index (κ2) is 8.26. The highest BCUT2D eigenvalue weighted by Crippen LogP contribution is 2.63. The van der Waals surface area contributed by atoms with Gasteiger partial charge in [-0.1, -0.05) is 30.3 Å². The third-order valence-electron chi connectivity index (χ3n) is 7.93. The Morgan fingerprint density at radius 3 is 2.58 bits per heavy atom. The molecule has 2 fully saturated rings. The second-order valence-corrected chi connectivity index (χ2v) is 9.68. The minimum atomic E-state index is -0.0631. The molecule has 4 nitrogen and oxygen atoms in total. The van der Waals surface area contributed by atoms with Crippen LogP contribution < -0.4 is 15.4 Å². The molecule has 3 aromatic rings. The fourth-order valence-electron chi connectivity index (χ4n) is 6.62. The van der Waals surface area contributed by atoms with Crippen molar-refractivity contribution in [1.29, 1.82) is 0 Å². The Morgan fingerprint density at radius 1 is 1.00 bits per heavy atom. The van der Waals surface area contributed by atoms with Crippen molar-refractivity contribution >= 4 is 17.3 Å². The number of carbonyl (C=O) groups is 1. The van der Waals surface area contributed by atoms with Crippen LogP contribution in [0.1, 0.15) is 59.6 Å². The number of fused-ring (bicyclic) bond motifs is 7. The van der Waals surface area contributed by atoms with E-state index in [0.29, 0.717) is 24.5 Å². The summed E-state index contributed by atoms with van der Waals surface area (Å²) < 4.78 is 5.50. The van der Waals surface area contributed by atoms with E-state index in [1.807, 2.05) is 37.3 Å². The number of hydrogen-bond acceptors (Lipinski definition) is 3. The fraction of sp³-hybridized carbons (Fsp3) is 0.345. The Labute approximate surface area is 195 Å². The van der Waals surface area contributed by atoms with E-state index in [4.69, 9.17) is 4.74 Å². The van der Waals surface area contributed by atoms with Gasteiger partial charge in [0.15, 0.2) is 0 Å². The van der Waals surface area contributed by atoms with E-state index in [2.05, 4.69) is 53.1 Å². The lowest BCUT2D eigenvalue weighted by molar-refractivity contribution is 0.102. The van der Waals surface area contributed by atoms with Crippen LogP contribution >= 0.6 is 0 Å². The minimum absolute atomic E-state index is 0.0631. The molecule has 168 valence electrons. The molecule has 1 amide bonds. The van der Waals surface area contributed by atoms with E-state index in [1.54, 1.807) is 0 Å². The van der Waals surface area contributed by atoms with E-state index >= 15 is 0 Å². The topological polar surface area (TPSA) is 50.4 Å². The molecule has 3 aliphatic rings. The van der Waals surface area contributed by atoms with Gasteiger partial charge in [-0.15, -0.1) is 0 Å². The maximum Gasteiger partial charge on any atom is 0.255 e. The molecule has 0 spiro atoms. The van der Waals surface area contributed by atoms with Gasteiger partial charge in [0.2, 0.25) is 0 Å². The summed E-state index contributed by atoms with van der Waals surface area (Å²) in [6, 6.07) is 25.0. The van der Waals surface area contributed by atoms with Crippen molar-refractivity contribution in [3.8, 4) is 5.75 Å². The molecule has 3 aromatic carbocycles. The summed E-state index contributed by atoms with van der Waals surface area (Å²) in [6.07, 6.45) is 3.97. The molecule has 2 bridgehead atoms. The molecule has 2 saturated carbocycles. The zero-order valence-electron chi connectivity index (χ0n) is 19.0. The lowest BCUT2D eigenvalue weighted by Gasteiger charge is -2.43. The first kappa shape index (κ1) is 20.3. The Morgan fingerprint density at radius 2 is 1.79 bits per heavy atom. The molecule has 33 heavy (non-hydrogen) atoms. The summed E-state index contributed by atoms with van der Waals surface area (Å²) >= 11 is 0. The molecule has 5 unspecified atom stereocenters. The third-order valence-corrected chi connectivity index (χ3v) is 7.93. The molecule has 2 N–H and O–H groups in total. The van der Waals surface area contributed by atoms with E-state index in [-0.39, 0.29) is 5.91 Å². The first-order valence-corrected chi connectivity index (χ1v) is 12.2. The summed E-state index contributed by atoms with van der Waals surface area (Å²) in [4.78, 5) is 13.1. The number of anilines is 2. The predicted molar refractivity (Wildman–Crippen MR) is 132 cm³/mol. The van der Waals surface area contributed by atoms with Crippen molar-refractivity contribution < 1.29 is 9.53 Å². The number of ether oxygens (including phenoxy) is 1. The zero-order valence-corrected chi connectivity index (χ0v) is 19.0. The fourth-order valence-corrected chi connectivity index (χ4v) is 6.62. The number of amides is 1. The van der Waals surface area contributed by atoms with Gasteiger partial charge in [-0.25, -0.2) is 0 Å². The average molecular weight is 439 g/mol. The zero-order chi connectivity index (χ0) is 22.4. The van der Waals surface area contributed by atoms with Gasteiger partial charge in [0, 0.05) is 16.9 Å². The number of nitrogens with one attached hydrogen (secondary N) is 2. The van der Waals surface area contributed by atoms with Gasteiger partial charge in [-0.05, 0) is 103 Å². The molecule has 0 aromatic heterocycles. The number of benzene rings is 3. The van der Waals surface area contributed by atoms with Crippen molar-refractivity contribution in [1.82, 2.24) is 0 Å². The average Bonchev–Trinajstić information content (AvgIpc) is 3.48. The molecule has 1 aliphatic heterocycles. The standard InChI is InChI=1S/C29H30N2O2/c1-2-33-23-13-11-22(12-14-23)30-29(32)21-10-15-25-24(17-21)26-19-8-9-20(16-19)27(26)28(31-25)18-6-4-3-5-7-18/h3-7,10-15,17,19-20,26-28,31H,2,8-9,16H2,1H3,(H,30,32). The molecule has 0 radical (unpaired) electrons. The molecule has 6 rings (SSSR count). The van der Waals surface area contributed by atoms with Crippen LogP contribution in [0.5, 0.6) is 5.75 Å². The van der Waals surface area contributed by atoms with E-state index in [1.165, 1.54) is 36.1 Å². The van der Waals surface area contributed by atoms with E-state index in [9.17, 15) is 4.79 Å². The second-order valence-electron chi connectivity index (χ2n) is 9.68. The van der Waals surface area contributed by atoms with Crippen LogP contribution in [0.3, 0.4) is 0 Å². The van der Waals surface area contributed by atoms with Crippen molar-refractivity contribution in [3.05, 3.63) is 89.5 Å². The lowest BCUT2D eigenvalue weighted by Crippen LogP contribution is -2.35. The van der Waals surface area contributed by atoms with Crippen LogP contribution in [-0.4, -0.2) is 12.5 Å². The van der Waals surface area contributed by atoms with Gasteiger partial charge >= 0.3 is 0 Å². The molecule has 5 atom stereocenters. The largest absolute Gasteiger partial charge is 0.494 e. The van der Waals surface area contributed by atoms with Gasteiger partial charge in [0.1, 0.15) is 5.75 Å². The Kier molecular flexibility index (Phi) is 5.09. The van der Waals surface area contributed by atoms with Crippen LogP contribution in [0, 0.1) is 17.8 Å². The molecular formula is C29H30N2O2. The lowest BCUT2D eigenvalue weighted by atomic mass is 9.68. The number of hydrogen-bond donors (Lipinski definition) is 2. The Bertz CT molecular complexity index is 1160. The number of rotatable bonds is 5. The summed E-state index contributed by atoms with van der Waals surface area (Å²) in [5.41, 5.74) is 5.40. The van der Waals surface area contributed by atoms with Gasteiger partial charge in [-0.2, -0.15) is 0 Å². The van der Waals surface area contributed by atoms with Crippen molar-refractivity contribution in [2.75, 3.05) is 17.2 Å². The van der Waals surface area contributed by atoms with Gasteiger partial charge in [-0.3, -0.25) is 4.79 Å². The molecular weight excluding hydrogens is 408 g/mol. The van der Waals surface area contributed by atoms with Crippen LogP contribution in [0.2, 0.25) is 0 Å². The van der Waals surface area contributed by atoms with Gasteiger partial charge in [0.25, 0.3) is 5.91 Å². The highest BCUT2D eigenvalue weighted by Gasteiger charge is 2.53. The molecule has 1 heterocycles. The normalized spacial score (nSPS) is 26.8. The van der Waals surface area contributed by atoms with Crippen LogP contribution in [0.15, 0.2) is 72.8 Å². The molecule has 0 saturated heterocycles. The first-order chi connectivity index (χ1) is 16.2. The van der Waals surface area contributed by atoms with Crippen LogP contribution in [0.25, 0.3) is 0 Å². The minimum Gasteiger partial charge on any atom is -0.494 e. The van der Waals surface area contributed by atoms with Crippen LogP contribution in [-0.2, 0) is 0 Å². The Hall–Kier alpha value is -3.27. The summed E-state index contributed by atoms with van der Waals surface area (Å²) in [7, 11) is 0. The third kappa shape index (κ3) is 3.58. The smallest absolute Gasteiger partial charge is 0.255 e. The summed E-state index contributed by atoms with van der Waals surface area (Å²) in [5, 5.41) is 6.91. The monoisotopic (exact) mass is 438 g/mol. The van der Waals surface area contributed by atoms with Crippen molar-refractivity contribution in [2.45, 2.75) is 38.1 Å². The van der Waals surface area contributed by atoms with Gasteiger partial charge < -0.3 is 15.4 Å². The highest BCUT2D eigenvalue weighted by atomic mass is 16.5. The Balaban J connectivity index is 1.29. The maximum absolute atomic E-state index is 13.1. The van der Waals surface area contributed by atoms with E-state index in [0.717, 1.165) is 28.8 Å². The van der Waals surface area contributed by atoms with Crippen molar-refractivity contribution in [3.63, 3.8) is 0 Å². The molecule has 2 aliphatic carbocycles. The number of carbonyl (C=O) groups excluding carboxylic acids is 1. The summed E-state index contributed by atoms with van der Waals surface area (Å²) in [6.45, 7) is 2.59. The van der Waals surface area contributed by atoms with Crippen LogP contribution in [0.4, 0.5) is 11.4 Å². The maximum atomic E-state index is 13.1. The highest BCUT2D eigenvalue weighted by molar-refractivity contribution is 6.04. The van der Waals surface area contributed by atoms with Crippen molar-refractivity contribution in [2.24, 2.45) is 17.8 Å². The first-order valence-electron chi connectivity index (χ1n) is 12.2. The predicted octanol–water partition coefficient (Wildman–Crippen LogP) is 6.63. The van der Waals surface area contributed by atoms with E-state index < -0.39 is 0 Å². The van der Waals surface area contributed by atoms with Gasteiger partial charge in [0.05, 0.1) is 12.6 Å². The SMILES string of the molecule is CCOc1ccc(NC(=O)c2ccc3c(c2)C2C4CCC(C4)C2C(c2ccccc2)N3)cc1. The molecule has 4 heteroatoms. The quantitative estimate of drug-likeness (QED) is 0.470.